The number of ether oxygens (including phenoxy) is 3. The zero-order chi connectivity index (χ0) is 35.3. The molecule has 0 amide bonds. The second kappa shape index (κ2) is 15.4. The van der Waals surface area contributed by atoms with Gasteiger partial charge in [-0.3, -0.25) is 14.4 Å². The molecule has 0 aromatic heterocycles. The number of allylic oxidation sites excluding steroid dienone is 1. The van der Waals surface area contributed by atoms with Crippen LogP contribution in [-0.4, -0.2) is 64.1 Å². The Morgan fingerprint density at radius 3 is 2.31 bits per heavy atom. The molecule has 2 bridgehead atoms. The van der Waals surface area contributed by atoms with Crippen LogP contribution in [0.1, 0.15) is 119 Å². The Bertz CT molecular complexity index is 1300. The summed E-state index contributed by atoms with van der Waals surface area (Å²) in [5.41, 5.74) is -3.76. The first kappa shape index (κ1) is 38.0. The molecule has 48 heavy (non-hydrogen) atoms. The van der Waals surface area contributed by atoms with Crippen molar-refractivity contribution in [3.8, 4) is 12.2 Å². The lowest BCUT2D eigenvalue weighted by molar-refractivity contribution is -0.181. The van der Waals surface area contributed by atoms with E-state index < -0.39 is 52.0 Å². The van der Waals surface area contributed by atoms with Gasteiger partial charge in [-0.1, -0.05) is 103 Å². The molecule has 2 fully saturated rings. The molecule has 0 aromatic carbocycles. The fraction of sp³-hybridized carbons (Fsp3) is 0.769. The molecule has 4 aliphatic carbocycles. The predicted octanol–water partition coefficient (Wildman–Crippen LogP) is 6.17. The summed E-state index contributed by atoms with van der Waals surface area (Å²) >= 11 is 0. The molecule has 9 nitrogen and oxygen atoms in total. The van der Waals surface area contributed by atoms with E-state index in [0.29, 0.717) is 31.4 Å². The standard InChI is InChI=1S/C39H58O9/c1-7-8-9-10-11-12-13-14-15-16-36(6)33-31-20-30(23-46-18-17-40)34(43)39(45)32(19-26(2)29(5)47-24-41)27(3)21-37(39,35(31)44)28(4)22-38(33,36)48-25-42/h20-21,24-26,28-29,31-34,40,43,45H,7-16,19,22-23H2,1-6H3/t26?,28-,29?,31-,32+,33?,34-,36-,37+,38+,39-/m1/s1. The average Bonchev–Trinajstić information content (AvgIpc) is 3.49. The van der Waals surface area contributed by atoms with Crippen molar-refractivity contribution < 1.29 is 43.9 Å². The number of carbonyl (C=O) groups is 3. The highest BCUT2D eigenvalue weighted by Crippen LogP contribution is 2.77. The van der Waals surface area contributed by atoms with Crippen molar-refractivity contribution in [2.45, 2.75) is 142 Å². The highest BCUT2D eigenvalue weighted by atomic mass is 16.6. The van der Waals surface area contributed by atoms with Gasteiger partial charge in [0.2, 0.25) is 0 Å². The minimum Gasteiger partial charge on any atom is -0.465 e. The van der Waals surface area contributed by atoms with Gasteiger partial charge < -0.3 is 29.5 Å². The van der Waals surface area contributed by atoms with E-state index in [2.05, 4.69) is 20.0 Å². The Balaban J connectivity index is 1.71. The summed E-state index contributed by atoms with van der Waals surface area (Å²) in [7, 11) is 0. The summed E-state index contributed by atoms with van der Waals surface area (Å²) in [6.07, 6.45) is 17.7. The van der Waals surface area contributed by atoms with Crippen LogP contribution in [0.4, 0.5) is 0 Å². The van der Waals surface area contributed by atoms with E-state index in [-0.39, 0.29) is 24.2 Å². The van der Waals surface area contributed by atoms with Gasteiger partial charge in [-0.25, -0.2) is 0 Å². The quantitative estimate of drug-likeness (QED) is 0.0637. The number of Topliss-reactive ketones (excluding diaryl/α,β-unsaturated/α-hetero) is 1. The lowest BCUT2D eigenvalue weighted by atomic mass is 9.56. The third kappa shape index (κ3) is 6.21. The highest BCUT2D eigenvalue weighted by Gasteiger charge is 2.83. The molecule has 1 spiro atoms. The smallest absolute Gasteiger partial charge is 0.293 e. The number of rotatable bonds is 19. The molecule has 0 aliphatic heterocycles. The minimum absolute atomic E-state index is 0.191. The summed E-state index contributed by atoms with van der Waals surface area (Å²) in [5, 5.41) is 34.3. The predicted molar refractivity (Wildman–Crippen MR) is 180 cm³/mol. The first-order valence-corrected chi connectivity index (χ1v) is 18.2. The fourth-order valence-electron chi connectivity index (χ4n) is 10.2. The number of fused-ring (bicyclic) bond motifs is 3. The molecular formula is C39H58O9. The topological polar surface area (TPSA) is 140 Å². The molecular weight excluding hydrogens is 612 g/mol. The lowest BCUT2D eigenvalue weighted by Gasteiger charge is -2.50. The Hall–Kier alpha value is -2.83. The second-order valence-corrected chi connectivity index (χ2v) is 15.5. The summed E-state index contributed by atoms with van der Waals surface area (Å²) in [4.78, 5) is 38.5. The number of aliphatic hydroxyl groups is 3. The van der Waals surface area contributed by atoms with Gasteiger partial charge in [0, 0.05) is 23.2 Å². The van der Waals surface area contributed by atoms with E-state index in [0.717, 1.165) is 31.3 Å². The molecule has 3 N–H and O–H groups in total. The molecule has 0 aromatic rings. The largest absolute Gasteiger partial charge is 0.465 e. The number of unbranched alkanes of at least 4 members (excludes halogenated alkanes) is 8. The molecule has 2 saturated carbocycles. The minimum atomic E-state index is -1.97. The number of carbonyl (C=O) groups excluding carboxylic acids is 3. The average molecular weight is 671 g/mol. The van der Waals surface area contributed by atoms with Gasteiger partial charge in [0.25, 0.3) is 12.9 Å². The van der Waals surface area contributed by atoms with Crippen molar-refractivity contribution >= 4 is 18.7 Å². The van der Waals surface area contributed by atoms with Crippen LogP contribution < -0.4 is 0 Å². The third-order valence-electron chi connectivity index (χ3n) is 13.0. The van der Waals surface area contributed by atoms with Crippen LogP contribution >= 0.6 is 0 Å². The van der Waals surface area contributed by atoms with Crippen LogP contribution in [0.5, 0.6) is 0 Å². The van der Waals surface area contributed by atoms with Gasteiger partial charge in [-0.2, -0.15) is 0 Å². The van der Waals surface area contributed by atoms with Crippen LogP contribution in [-0.2, 0) is 28.6 Å². The van der Waals surface area contributed by atoms with Gasteiger partial charge >= 0.3 is 0 Å². The number of hydrogen-bond donors (Lipinski definition) is 3. The molecule has 0 radical (unpaired) electrons. The van der Waals surface area contributed by atoms with Crippen LogP contribution in [0.2, 0.25) is 0 Å². The lowest BCUT2D eigenvalue weighted by Crippen LogP contribution is -2.63. The van der Waals surface area contributed by atoms with E-state index in [9.17, 15) is 19.8 Å². The molecule has 4 rings (SSSR count). The second-order valence-electron chi connectivity index (χ2n) is 15.5. The maximum atomic E-state index is 15.2. The fourth-order valence-corrected chi connectivity index (χ4v) is 10.2. The van der Waals surface area contributed by atoms with Gasteiger partial charge in [0.15, 0.2) is 18.0 Å². The van der Waals surface area contributed by atoms with E-state index in [1.54, 1.807) is 19.1 Å². The van der Waals surface area contributed by atoms with Crippen molar-refractivity contribution in [3.05, 3.63) is 23.3 Å². The van der Waals surface area contributed by atoms with Gasteiger partial charge in [-0.05, 0) is 50.5 Å². The number of aliphatic hydroxyl groups excluding tert-OH is 2. The molecule has 9 heteroatoms. The summed E-state index contributed by atoms with van der Waals surface area (Å²) in [5.74, 6) is -2.65. The zero-order valence-electron chi connectivity index (χ0n) is 29.8. The van der Waals surface area contributed by atoms with Crippen molar-refractivity contribution in [1.29, 1.82) is 0 Å². The summed E-state index contributed by atoms with van der Waals surface area (Å²) in [6.45, 7) is 12.5. The van der Waals surface area contributed by atoms with E-state index in [1.165, 1.54) is 38.5 Å². The Morgan fingerprint density at radius 1 is 1.06 bits per heavy atom. The van der Waals surface area contributed by atoms with Crippen LogP contribution in [0.15, 0.2) is 23.3 Å². The Labute approximate surface area is 286 Å². The van der Waals surface area contributed by atoms with Crippen molar-refractivity contribution in [2.24, 2.45) is 40.4 Å². The molecule has 268 valence electrons. The number of hydrogen-bond acceptors (Lipinski definition) is 9. The number of ketones is 1. The van der Waals surface area contributed by atoms with Crippen LogP contribution in [0.3, 0.4) is 0 Å². The SMILES string of the molecule is CCCCCCCCCCC[C@]1(C)C2[C@H]3C=C(COC#CO)[C@@H](O)[C@]4(O)[C@@H](CC(C)C(C)OC=O)C(C)=C[C@@]4(C3=O)[C@H](C)C[C@]21OC=O. The molecule has 0 heterocycles. The first-order valence-electron chi connectivity index (χ1n) is 18.2. The monoisotopic (exact) mass is 670 g/mol. The molecule has 11 atom stereocenters. The normalized spacial score (nSPS) is 37.6. The van der Waals surface area contributed by atoms with Crippen LogP contribution in [0, 0.1) is 52.6 Å². The molecule has 4 aliphatic rings. The first-order chi connectivity index (χ1) is 22.9. The highest BCUT2D eigenvalue weighted by molar-refractivity contribution is 5.95. The van der Waals surface area contributed by atoms with E-state index >= 15 is 4.79 Å². The zero-order valence-corrected chi connectivity index (χ0v) is 29.8. The van der Waals surface area contributed by atoms with Crippen molar-refractivity contribution in [3.63, 3.8) is 0 Å². The Kier molecular flexibility index (Phi) is 12.2. The van der Waals surface area contributed by atoms with E-state index in [1.807, 2.05) is 26.8 Å². The van der Waals surface area contributed by atoms with Crippen molar-refractivity contribution in [1.82, 2.24) is 0 Å². The Morgan fingerprint density at radius 2 is 1.71 bits per heavy atom. The molecule has 3 unspecified atom stereocenters. The molecule has 0 saturated heterocycles. The third-order valence-corrected chi connectivity index (χ3v) is 13.0. The summed E-state index contributed by atoms with van der Waals surface area (Å²) in [6, 6.07) is 0. The maximum Gasteiger partial charge on any atom is 0.293 e. The maximum absolute atomic E-state index is 15.2. The van der Waals surface area contributed by atoms with Gasteiger partial charge in [0.05, 0.1) is 5.41 Å². The van der Waals surface area contributed by atoms with Crippen molar-refractivity contribution in [2.75, 3.05) is 6.61 Å². The van der Waals surface area contributed by atoms with Crippen LogP contribution in [0.25, 0.3) is 0 Å². The van der Waals surface area contributed by atoms with Gasteiger partial charge in [-0.15, -0.1) is 0 Å². The van der Waals surface area contributed by atoms with Gasteiger partial charge in [0.1, 0.15) is 30.0 Å². The summed E-state index contributed by atoms with van der Waals surface area (Å²) < 4.78 is 16.7. The van der Waals surface area contributed by atoms with E-state index in [4.69, 9.17) is 19.3 Å².